The number of nitrogens with zero attached hydrogens (tertiary/aromatic N) is 2. The van der Waals surface area contributed by atoms with E-state index in [-0.39, 0.29) is 5.46 Å². The predicted molar refractivity (Wildman–Crippen MR) is 80.3 cm³/mol. The molecule has 0 atom stereocenters. The molecular formula is C14H24BFN2O2. The molecule has 112 valence electrons. The van der Waals surface area contributed by atoms with Crippen LogP contribution in [0.5, 0.6) is 0 Å². The number of benzene rings is 1. The Morgan fingerprint density at radius 2 is 1.90 bits per heavy atom. The summed E-state index contributed by atoms with van der Waals surface area (Å²) in [6, 6.07) is 4.50. The zero-order valence-corrected chi connectivity index (χ0v) is 12.5. The number of halogens is 1. The number of hydrogen-bond donors (Lipinski definition) is 2. The summed E-state index contributed by atoms with van der Waals surface area (Å²) in [5.41, 5.74) is 0.827. The van der Waals surface area contributed by atoms with Gasteiger partial charge in [-0.15, -0.1) is 0 Å². The van der Waals surface area contributed by atoms with Crippen molar-refractivity contribution in [1.29, 1.82) is 0 Å². The van der Waals surface area contributed by atoms with Gasteiger partial charge in [0.15, 0.2) is 0 Å². The summed E-state index contributed by atoms with van der Waals surface area (Å²) < 4.78 is 13.4. The van der Waals surface area contributed by atoms with Crippen molar-refractivity contribution in [2.24, 2.45) is 0 Å². The normalized spacial score (nSPS) is 11.4. The molecule has 0 unspecified atom stereocenters. The zero-order chi connectivity index (χ0) is 15.1. The average molecular weight is 282 g/mol. The van der Waals surface area contributed by atoms with E-state index in [2.05, 4.69) is 16.7 Å². The van der Waals surface area contributed by atoms with E-state index in [1.165, 1.54) is 12.1 Å². The molecule has 1 rings (SSSR count). The highest BCUT2D eigenvalue weighted by Gasteiger charge is 2.17. The minimum Gasteiger partial charge on any atom is -0.423 e. The maximum atomic E-state index is 13.4. The van der Waals surface area contributed by atoms with E-state index in [1.54, 1.807) is 6.07 Å². The Morgan fingerprint density at radius 1 is 1.20 bits per heavy atom. The fourth-order valence-electron chi connectivity index (χ4n) is 2.11. The van der Waals surface area contributed by atoms with Crippen LogP contribution in [0.3, 0.4) is 0 Å². The largest absolute Gasteiger partial charge is 0.491 e. The molecule has 0 aromatic heterocycles. The summed E-state index contributed by atoms with van der Waals surface area (Å²) in [5.74, 6) is -0.584. The average Bonchev–Trinajstić information content (AvgIpc) is 2.38. The van der Waals surface area contributed by atoms with Gasteiger partial charge in [0.05, 0.1) is 0 Å². The first kappa shape index (κ1) is 17.1. The summed E-state index contributed by atoms with van der Waals surface area (Å²) in [7, 11) is 2.33. The van der Waals surface area contributed by atoms with Crippen LogP contribution in [0.25, 0.3) is 0 Å². The fourth-order valence-corrected chi connectivity index (χ4v) is 2.11. The van der Waals surface area contributed by atoms with Crippen LogP contribution < -0.4 is 5.46 Å². The van der Waals surface area contributed by atoms with Gasteiger partial charge in [0.25, 0.3) is 0 Å². The van der Waals surface area contributed by atoms with Gasteiger partial charge >= 0.3 is 7.12 Å². The zero-order valence-electron chi connectivity index (χ0n) is 12.5. The second-order valence-corrected chi connectivity index (χ2v) is 5.26. The summed E-state index contributed by atoms with van der Waals surface area (Å²) in [4.78, 5) is 4.40. The van der Waals surface area contributed by atoms with Crippen molar-refractivity contribution in [1.82, 2.24) is 9.80 Å². The van der Waals surface area contributed by atoms with Gasteiger partial charge in [-0.2, -0.15) is 0 Å². The van der Waals surface area contributed by atoms with Gasteiger partial charge in [0.1, 0.15) is 5.82 Å². The van der Waals surface area contributed by atoms with E-state index in [9.17, 15) is 4.39 Å². The highest BCUT2D eigenvalue weighted by atomic mass is 19.1. The first-order valence-electron chi connectivity index (χ1n) is 6.95. The van der Waals surface area contributed by atoms with E-state index in [4.69, 9.17) is 10.0 Å². The monoisotopic (exact) mass is 282 g/mol. The Labute approximate surface area is 121 Å². The van der Waals surface area contributed by atoms with Crippen LogP contribution in [0.1, 0.15) is 18.9 Å². The smallest absolute Gasteiger partial charge is 0.423 e. The standard InChI is InChI=1S/C14H24BFN2O2/c1-4-18(9-5-8-17(2)3)11-12-6-7-14(16)13(10-12)15(19)20/h6-7,10,19-20H,4-5,8-9,11H2,1-3H3. The molecule has 0 saturated heterocycles. The molecule has 20 heavy (non-hydrogen) atoms. The second-order valence-electron chi connectivity index (χ2n) is 5.26. The predicted octanol–water partition coefficient (Wildman–Crippen LogP) is 0.279. The third kappa shape index (κ3) is 5.59. The summed E-state index contributed by atoms with van der Waals surface area (Å²) in [5, 5.41) is 18.2. The number of rotatable bonds is 8. The molecule has 0 amide bonds. The molecule has 4 nitrogen and oxygen atoms in total. The first-order valence-corrected chi connectivity index (χ1v) is 6.95. The van der Waals surface area contributed by atoms with Crippen molar-refractivity contribution in [3.8, 4) is 0 Å². The molecule has 0 saturated carbocycles. The van der Waals surface area contributed by atoms with Gasteiger partial charge in [0.2, 0.25) is 0 Å². The molecule has 0 heterocycles. The lowest BCUT2D eigenvalue weighted by Gasteiger charge is -2.22. The third-order valence-electron chi connectivity index (χ3n) is 3.27. The summed E-state index contributed by atoms with van der Waals surface area (Å²) >= 11 is 0. The Bertz CT molecular complexity index is 416. The SMILES string of the molecule is CCN(CCCN(C)C)Cc1ccc(F)c(B(O)O)c1. The van der Waals surface area contributed by atoms with Crippen LogP contribution in [-0.4, -0.2) is 60.7 Å². The van der Waals surface area contributed by atoms with Gasteiger partial charge < -0.3 is 14.9 Å². The molecule has 0 aliphatic heterocycles. The van der Waals surface area contributed by atoms with Crippen molar-refractivity contribution in [2.45, 2.75) is 19.9 Å². The molecule has 2 N–H and O–H groups in total. The molecule has 0 bridgehead atoms. The second kappa shape index (κ2) is 8.37. The van der Waals surface area contributed by atoms with Crippen molar-refractivity contribution in [2.75, 3.05) is 33.7 Å². The van der Waals surface area contributed by atoms with Crippen LogP contribution in [0.2, 0.25) is 0 Å². The molecule has 6 heteroatoms. The summed E-state index contributed by atoms with van der Waals surface area (Å²) in [6.07, 6.45) is 1.07. The molecule has 1 aromatic carbocycles. The van der Waals surface area contributed by atoms with E-state index >= 15 is 0 Å². The van der Waals surface area contributed by atoms with E-state index in [0.717, 1.165) is 31.6 Å². The van der Waals surface area contributed by atoms with Crippen LogP contribution in [0.15, 0.2) is 18.2 Å². The molecule has 0 fully saturated rings. The first-order chi connectivity index (χ1) is 9.43. The van der Waals surface area contributed by atoms with Crippen molar-refractivity contribution >= 4 is 12.6 Å². The van der Waals surface area contributed by atoms with Crippen LogP contribution in [-0.2, 0) is 6.54 Å². The lowest BCUT2D eigenvalue weighted by atomic mass is 9.79. The van der Waals surface area contributed by atoms with Crippen LogP contribution in [0.4, 0.5) is 4.39 Å². The Balaban J connectivity index is 2.63. The molecular weight excluding hydrogens is 258 g/mol. The lowest BCUT2D eigenvalue weighted by molar-refractivity contribution is 0.259. The maximum absolute atomic E-state index is 13.4. The van der Waals surface area contributed by atoms with E-state index in [0.29, 0.717) is 6.54 Å². The summed E-state index contributed by atoms with van der Waals surface area (Å²) in [6.45, 7) is 5.66. The Kier molecular flexibility index (Phi) is 7.16. The van der Waals surface area contributed by atoms with Gasteiger partial charge in [-0.25, -0.2) is 4.39 Å². The van der Waals surface area contributed by atoms with E-state index < -0.39 is 12.9 Å². The van der Waals surface area contributed by atoms with Gasteiger partial charge in [-0.3, -0.25) is 4.90 Å². The maximum Gasteiger partial charge on any atom is 0.491 e. The highest BCUT2D eigenvalue weighted by Crippen LogP contribution is 2.06. The minimum absolute atomic E-state index is 0.0631. The molecule has 1 aromatic rings. The Morgan fingerprint density at radius 3 is 2.45 bits per heavy atom. The minimum atomic E-state index is -1.77. The van der Waals surface area contributed by atoms with Gasteiger partial charge in [-0.05, 0) is 51.8 Å². The highest BCUT2D eigenvalue weighted by molar-refractivity contribution is 6.58. The van der Waals surface area contributed by atoms with Crippen molar-refractivity contribution in [3.05, 3.63) is 29.6 Å². The number of hydrogen-bond acceptors (Lipinski definition) is 4. The van der Waals surface area contributed by atoms with Crippen molar-refractivity contribution < 1.29 is 14.4 Å². The van der Waals surface area contributed by atoms with Gasteiger partial charge in [0, 0.05) is 12.0 Å². The van der Waals surface area contributed by atoms with Crippen LogP contribution in [0, 0.1) is 5.82 Å². The molecule has 0 radical (unpaired) electrons. The third-order valence-corrected chi connectivity index (χ3v) is 3.27. The van der Waals surface area contributed by atoms with Crippen molar-refractivity contribution in [3.63, 3.8) is 0 Å². The van der Waals surface area contributed by atoms with E-state index in [1.807, 2.05) is 14.1 Å². The lowest BCUT2D eigenvalue weighted by Crippen LogP contribution is -2.34. The van der Waals surface area contributed by atoms with Gasteiger partial charge in [-0.1, -0.05) is 19.1 Å². The quantitative estimate of drug-likeness (QED) is 0.672. The topological polar surface area (TPSA) is 46.9 Å². The molecule has 0 aliphatic rings. The molecule has 0 spiro atoms. The Hall–Kier alpha value is -0.945. The fraction of sp³-hybridized carbons (Fsp3) is 0.571. The molecule has 0 aliphatic carbocycles. The van der Waals surface area contributed by atoms with Crippen LogP contribution >= 0.6 is 0 Å².